The van der Waals surface area contributed by atoms with E-state index in [4.69, 9.17) is 17.3 Å². The molecule has 1 saturated heterocycles. The summed E-state index contributed by atoms with van der Waals surface area (Å²) in [5.74, 6) is -0.242. The van der Waals surface area contributed by atoms with Crippen molar-refractivity contribution in [1.82, 2.24) is 15.5 Å². The van der Waals surface area contributed by atoms with Gasteiger partial charge >= 0.3 is 0 Å². The molecule has 2 aromatic carbocycles. The Kier molecular flexibility index (Phi) is 10.1. The zero-order chi connectivity index (χ0) is 31.5. The Balaban J connectivity index is 1.33. The lowest BCUT2D eigenvalue weighted by molar-refractivity contribution is -0.147. The summed E-state index contributed by atoms with van der Waals surface area (Å²) in [5, 5.41) is 7.03. The van der Waals surface area contributed by atoms with E-state index >= 15 is 0 Å². The van der Waals surface area contributed by atoms with Gasteiger partial charge in [0.15, 0.2) is 0 Å². The summed E-state index contributed by atoms with van der Waals surface area (Å²) in [6, 6.07) is 14.5. The number of benzene rings is 2. The van der Waals surface area contributed by atoms with Crippen molar-refractivity contribution < 1.29 is 14.4 Å². The zero-order valence-electron chi connectivity index (χ0n) is 26.5. The summed E-state index contributed by atoms with van der Waals surface area (Å²) >= 11 is 6.14. The Labute approximate surface area is 267 Å². The fourth-order valence-electron chi connectivity index (χ4n) is 7.65. The van der Waals surface area contributed by atoms with Crippen LogP contribution in [0.4, 0.5) is 0 Å². The van der Waals surface area contributed by atoms with Crippen LogP contribution in [0.15, 0.2) is 48.5 Å². The van der Waals surface area contributed by atoms with Crippen molar-refractivity contribution in [2.24, 2.45) is 23.0 Å². The van der Waals surface area contributed by atoms with Gasteiger partial charge in [-0.3, -0.25) is 14.4 Å². The fourth-order valence-corrected chi connectivity index (χ4v) is 7.78. The van der Waals surface area contributed by atoms with E-state index in [0.717, 1.165) is 36.8 Å². The van der Waals surface area contributed by atoms with Crippen molar-refractivity contribution in [1.29, 1.82) is 0 Å². The number of amides is 3. The van der Waals surface area contributed by atoms with Crippen molar-refractivity contribution >= 4 is 29.3 Å². The standard InChI is InChI=1S/C36H49ClN4O3/c1-35(2,3)40-34(44)36(27-11-5-4-6-12-27)17-19-41(20-18-36)33(43)31(21-24-13-15-28(37)16-14-24)39-32(42)29-22-25-9-7-8-10-26(25)23-30(29)38/h7-10,13-16,27,29-31H,4-6,11-12,17-23,38H2,1-3H3,(H,39,42)(H,40,44)/t29-,30+,31+/m0/s1. The Hall–Kier alpha value is -2.90. The molecule has 44 heavy (non-hydrogen) atoms. The van der Waals surface area contributed by atoms with Crippen molar-refractivity contribution in [3.63, 3.8) is 0 Å². The molecule has 1 aliphatic heterocycles. The quantitative estimate of drug-likeness (QED) is 0.395. The van der Waals surface area contributed by atoms with Crippen LogP contribution in [0.3, 0.4) is 0 Å². The monoisotopic (exact) mass is 620 g/mol. The van der Waals surface area contributed by atoms with E-state index in [0.29, 0.717) is 56.1 Å². The molecule has 238 valence electrons. The van der Waals surface area contributed by atoms with Crippen molar-refractivity contribution in [2.75, 3.05) is 13.1 Å². The lowest BCUT2D eigenvalue weighted by Crippen LogP contribution is -2.59. The molecule has 0 bridgehead atoms. The van der Waals surface area contributed by atoms with E-state index in [1.54, 1.807) is 0 Å². The second-order valence-corrected chi connectivity index (χ2v) is 14.8. The second-order valence-electron chi connectivity index (χ2n) is 14.4. The van der Waals surface area contributed by atoms with Crippen LogP contribution in [0.1, 0.15) is 82.4 Å². The maximum Gasteiger partial charge on any atom is 0.245 e. The second kappa shape index (κ2) is 13.6. The minimum Gasteiger partial charge on any atom is -0.351 e. The Morgan fingerprint density at radius 2 is 1.57 bits per heavy atom. The van der Waals surface area contributed by atoms with Crippen LogP contribution in [0.5, 0.6) is 0 Å². The predicted octanol–water partition coefficient (Wildman–Crippen LogP) is 5.21. The summed E-state index contributed by atoms with van der Waals surface area (Å²) in [4.78, 5) is 43.7. The predicted molar refractivity (Wildman–Crippen MR) is 175 cm³/mol. The number of nitrogens with zero attached hydrogens (tertiary/aromatic N) is 1. The van der Waals surface area contributed by atoms with E-state index in [9.17, 15) is 14.4 Å². The summed E-state index contributed by atoms with van der Waals surface area (Å²) < 4.78 is 0. The number of rotatable bonds is 7. The minimum atomic E-state index is -0.737. The molecular formula is C36H49ClN4O3. The molecule has 0 aromatic heterocycles. The van der Waals surface area contributed by atoms with Crippen molar-refractivity contribution in [3.8, 4) is 0 Å². The van der Waals surface area contributed by atoms with Gasteiger partial charge in [-0.15, -0.1) is 0 Å². The van der Waals surface area contributed by atoms with E-state index in [-0.39, 0.29) is 29.3 Å². The molecule has 8 heteroatoms. The number of nitrogens with two attached hydrogens (primary N) is 1. The third-order valence-electron chi connectivity index (χ3n) is 10.1. The van der Waals surface area contributed by atoms with E-state index in [2.05, 4.69) is 22.8 Å². The third-order valence-corrected chi connectivity index (χ3v) is 10.4. The molecule has 0 unspecified atom stereocenters. The Morgan fingerprint density at radius 1 is 0.955 bits per heavy atom. The molecule has 4 N–H and O–H groups in total. The van der Waals surface area contributed by atoms with Gasteiger partial charge in [-0.25, -0.2) is 0 Å². The molecule has 3 amide bonds. The van der Waals surface area contributed by atoms with E-state index in [1.807, 2.05) is 62.1 Å². The van der Waals surface area contributed by atoms with Gasteiger partial charge < -0.3 is 21.3 Å². The molecule has 0 radical (unpaired) electrons. The number of hydrogen-bond donors (Lipinski definition) is 3. The lowest BCUT2D eigenvalue weighted by Gasteiger charge is -2.48. The highest BCUT2D eigenvalue weighted by atomic mass is 35.5. The van der Waals surface area contributed by atoms with Crippen LogP contribution in [-0.2, 0) is 33.6 Å². The highest BCUT2D eigenvalue weighted by molar-refractivity contribution is 6.30. The minimum absolute atomic E-state index is 0.105. The Bertz CT molecular complexity index is 1320. The summed E-state index contributed by atoms with van der Waals surface area (Å²) in [6.45, 7) is 7.07. The Morgan fingerprint density at radius 3 is 2.18 bits per heavy atom. The molecule has 2 fully saturated rings. The molecule has 2 aliphatic carbocycles. The summed E-state index contributed by atoms with van der Waals surface area (Å²) in [6.07, 6.45) is 8.47. The van der Waals surface area contributed by atoms with Gasteiger partial charge in [0.2, 0.25) is 17.7 Å². The van der Waals surface area contributed by atoms with Gasteiger partial charge in [0.05, 0.1) is 11.3 Å². The molecule has 2 aromatic rings. The number of likely N-dealkylation sites (tertiary alicyclic amines) is 1. The molecule has 3 atom stereocenters. The number of nitrogens with one attached hydrogen (secondary N) is 2. The van der Waals surface area contributed by atoms with Crippen LogP contribution in [0.2, 0.25) is 5.02 Å². The van der Waals surface area contributed by atoms with E-state index in [1.165, 1.54) is 12.0 Å². The average Bonchev–Trinajstić information content (AvgIpc) is 3.00. The highest BCUT2D eigenvalue weighted by Gasteiger charge is 2.49. The number of carbonyl (C=O) groups is 3. The molecule has 0 spiro atoms. The average molecular weight is 621 g/mol. The van der Waals surface area contributed by atoms with Gasteiger partial charge in [0, 0.05) is 36.1 Å². The summed E-state index contributed by atoms with van der Waals surface area (Å²) in [5.41, 5.74) is 8.97. The SMILES string of the molecule is CC(C)(C)NC(=O)C1(C2CCCCC2)CCN(C(=O)[C@@H](Cc2ccc(Cl)cc2)NC(=O)[C@H]2Cc3ccccc3C[C@H]2N)CC1. The van der Waals surface area contributed by atoms with E-state index < -0.39 is 17.4 Å². The topological polar surface area (TPSA) is 105 Å². The van der Waals surface area contributed by atoms with Gasteiger partial charge in [-0.2, -0.15) is 0 Å². The first kappa shape index (κ1) is 32.5. The van der Waals surface area contributed by atoms with Gasteiger partial charge in [0.25, 0.3) is 0 Å². The maximum absolute atomic E-state index is 14.2. The highest BCUT2D eigenvalue weighted by Crippen LogP contribution is 2.46. The number of carbonyl (C=O) groups excluding carboxylic acids is 3. The zero-order valence-corrected chi connectivity index (χ0v) is 27.3. The largest absolute Gasteiger partial charge is 0.351 e. The van der Waals surface area contributed by atoms with Gasteiger partial charge in [-0.1, -0.05) is 67.3 Å². The van der Waals surface area contributed by atoms with Crippen LogP contribution in [0.25, 0.3) is 0 Å². The number of fused-ring (bicyclic) bond motifs is 1. The van der Waals surface area contributed by atoms with Crippen molar-refractivity contribution in [3.05, 3.63) is 70.2 Å². The van der Waals surface area contributed by atoms with Gasteiger partial charge in [0.1, 0.15) is 6.04 Å². The molecule has 5 rings (SSSR count). The van der Waals surface area contributed by atoms with Gasteiger partial charge in [-0.05, 0) is 94.0 Å². The number of hydrogen-bond acceptors (Lipinski definition) is 4. The third kappa shape index (κ3) is 7.48. The fraction of sp³-hybridized carbons (Fsp3) is 0.583. The number of piperidine rings is 1. The smallest absolute Gasteiger partial charge is 0.245 e. The summed E-state index contributed by atoms with van der Waals surface area (Å²) in [7, 11) is 0. The molecular weight excluding hydrogens is 572 g/mol. The molecule has 3 aliphatic rings. The molecule has 1 saturated carbocycles. The first-order valence-electron chi connectivity index (χ1n) is 16.4. The molecule has 1 heterocycles. The van der Waals surface area contributed by atoms with Crippen LogP contribution in [0, 0.1) is 17.3 Å². The lowest BCUT2D eigenvalue weighted by atomic mass is 9.63. The van der Waals surface area contributed by atoms with Crippen LogP contribution < -0.4 is 16.4 Å². The van der Waals surface area contributed by atoms with Crippen LogP contribution >= 0.6 is 11.6 Å². The maximum atomic E-state index is 14.2. The van der Waals surface area contributed by atoms with Crippen molar-refractivity contribution in [2.45, 2.75) is 103 Å². The normalized spacial score (nSPS) is 22.9. The first-order valence-corrected chi connectivity index (χ1v) is 16.8. The molecule has 7 nitrogen and oxygen atoms in total. The van der Waals surface area contributed by atoms with Crippen LogP contribution in [-0.4, -0.2) is 53.3 Å². The number of halogens is 1. The first-order chi connectivity index (χ1) is 20.9.